The number of carbonyl (C=O) groups is 2. The van der Waals surface area contributed by atoms with Gasteiger partial charge in [-0.25, -0.2) is 4.57 Å². The van der Waals surface area contributed by atoms with Crippen LogP contribution in [0.3, 0.4) is 0 Å². The highest BCUT2D eigenvalue weighted by atomic mass is 31.2. The molecular weight excluding hydrogens is 301 g/mol. The summed E-state index contributed by atoms with van der Waals surface area (Å²) in [5, 5.41) is 28.3. The lowest BCUT2D eigenvalue weighted by molar-refractivity contribution is -0.166. The molecule has 0 saturated carbocycles. The van der Waals surface area contributed by atoms with E-state index in [-0.39, 0.29) is 6.29 Å². The van der Waals surface area contributed by atoms with Gasteiger partial charge in [-0.2, -0.15) is 0 Å². The Hall–Kier alpha value is -0.910. The van der Waals surface area contributed by atoms with Gasteiger partial charge in [-0.3, -0.25) is 14.1 Å². The Morgan fingerprint density at radius 1 is 1.25 bits per heavy atom. The molecule has 11 nitrogen and oxygen atoms in total. The number of ether oxygens (including phenoxy) is 1. The minimum Gasteiger partial charge on any atom is -0.451 e. The van der Waals surface area contributed by atoms with E-state index in [2.05, 4.69) is 9.26 Å². The molecule has 0 unspecified atom stereocenters. The number of aliphatic hydroxyl groups is 3. The smallest absolute Gasteiger partial charge is 0.451 e. The number of hydrogen-bond donors (Lipinski definition) is 6. The average Bonchev–Trinajstić information content (AvgIpc) is 2.39. The van der Waals surface area contributed by atoms with Crippen molar-refractivity contribution in [3.05, 3.63) is 0 Å². The molecule has 0 spiro atoms. The number of aldehydes is 1. The highest BCUT2D eigenvalue weighted by Crippen LogP contribution is 2.35. The molecule has 0 aliphatic heterocycles. The summed E-state index contributed by atoms with van der Waals surface area (Å²) in [6.07, 6.45) is -7.82. The van der Waals surface area contributed by atoms with E-state index in [4.69, 9.17) is 15.5 Å². The number of aliphatic hydroxyl groups excluding tert-OH is 3. The van der Waals surface area contributed by atoms with E-state index in [1.807, 2.05) is 0 Å². The first-order valence-corrected chi connectivity index (χ1v) is 6.74. The molecule has 0 aliphatic rings. The molecule has 0 saturated heterocycles. The molecule has 0 aromatic rings. The lowest BCUT2D eigenvalue weighted by atomic mass is 10.0. The SMILES string of the molecule is NCC(=O)O[C@H](C=O)[C@@H](O)[C@H](O)[C@H](O)COP(=O)(O)O. The van der Waals surface area contributed by atoms with E-state index in [1.165, 1.54) is 0 Å². The maximum atomic E-state index is 10.8. The monoisotopic (exact) mass is 317 g/mol. The van der Waals surface area contributed by atoms with Gasteiger partial charge in [0.1, 0.15) is 18.3 Å². The van der Waals surface area contributed by atoms with E-state index in [0.717, 1.165) is 0 Å². The Morgan fingerprint density at radius 3 is 2.20 bits per heavy atom. The Labute approximate surface area is 113 Å². The first-order valence-electron chi connectivity index (χ1n) is 5.21. The van der Waals surface area contributed by atoms with E-state index >= 15 is 0 Å². The second-order valence-electron chi connectivity index (χ2n) is 3.63. The van der Waals surface area contributed by atoms with Crippen molar-refractivity contribution in [2.75, 3.05) is 13.2 Å². The molecule has 0 bridgehead atoms. The zero-order chi connectivity index (χ0) is 15.9. The third kappa shape index (κ3) is 7.03. The van der Waals surface area contributed by atoms with Gasteiger partial charge in [-0.05, 0) is 0 Å². The van der Waals surface area contributed by atoms with Crippen molar-refractivity contribution < 1.29 is 48.5 Å². The van der Waals surface area contributed by atoms with Crippen LogP contribution in [0.15, 0.2) is 0 Å². The Morgan fingerprint density at radius 2 is 1.80 bits per heavy atom. The molecular formula is C8H16NO10P. The van der Waals surface area contributed by atoms with E-state index in [9.17, 15) is 29.5 Å². The van der Waals surface area contributed by atoms with Gasteiger partial charge in [0, 0.05) is 0 Å². The zero-order valence-corrected chi connectivity index (χ0v) is 11.0. The fourth-order valence-electron chi connectivity index (χ4n) is 1.07. The third-order valence-corrected chi connectivity index (χ3v) is 2.55. The van der Waals surface area contributed by atoms with Crippen LogP contribution in [0.25, 0.3) is 0 Å². The summed E-state index contributed by atoms with van der Waals surface area (Å²) in [6.45, 7) is -1.59. The maximum Gasteiger partial charge on any atom is 0.469 e. The molecule has 118 valence electrons. The van der Waals surface area contributed by atoms with Crippen LogP contribution in [0.4, 0.5) is 0 Å². The van der Waals surface area contributed by atoms with Crippen LogP contribution >= 0.6 is 7.82 Å². The van der Waals surface area contributed by atoms with Crippen molar-refractivity contribution in [2.45, 2.75) is 24.4 Å². The van der Waals surface area contributed by atoms with Crippen LogP contribution in [0, 0.1) is 0 Å². The maximum absolute atomic E-state index is 10.8. The number of nitrogens with two attached hydrogens (primary N) is 1. The molecule has 4 atom stereocenters. The molecule has 0 rings (SSSR count). The van der Waals surface area contributed by atoms with Gasteiger partial charge in [0.15, 0.2) is 12.4 Å². The molecule has 0 heterocycles. The summed E-state index contributed by atoms with van der Waals surface area (Å²) in [6, 6.07) is 0. The van der Waals surface area contributed by atoms with Gasteiger partial charge in [-0.1, -0.05) is 0 Å². The van der Waals surface area contributed by atoms with Crippen molar-refractivity contribution in [3.63, 3.8) is 0 Å². The van der Waals surface area contributed by atoms with Crippen LogP contribution in [0.5, 0.6) is 0 Å². The molecule has 0 aromatic carbocycles. The molecule has 12 heteroatoms. The van der Waals surface area contributed by atoms with E-state index < -0.39 is 51.4 Å². The van der Waals surface area contributed by atoms with Crippen molar-refractivity contribution >= 4 is 20.1 Å². The molecule has 0 aromatic heterocycles. The lowest BCUT2D eigenvalue weighted by Crippen LogP contribution is -2.48. The van der Waals surface area contributed by atoms with Crippen LogP contribution < -0.4 is 5.73 Å². The second kappa shape index (κ2) is 8.39. The molecule has 0 aliphatic carbocycles. The van der Waals surface area contributed by atoms with Crippen LogP contribution in [0.1, 0.15) is 0 Å². The zero-order valence-electron chi connectivity index (χ0n) is 10.1. The lowest BCUT2D eigenvalue weighted by Gasteiger charge is -2.26. The summed E-state index contributed by atoms with van der Waals surface area (Å²) in [5.74, 6) is -1.03. The first-order chi connectivity index (χ1) is 9.12. The van der Waals surface area contributed by atoms with Crippen molar-refractivity contribution in [1.82, 2.24) is 0 Å². The number of esters is 1. The molecule has 20 heavy (non-hydrogen) atoms. The van der Waals surface area contributed by atoms with Crippen molar-refractivity contribution in [2.24, 2.45) is 5.73 Å². The van der Waals surface area contributed by atoms with E-state index in [1.54, 1.807) is 0 Å². The Bertz CT molecular complexity index is 370. The summed E-state index contributed by atoms with van der Waals surface area (Å²) in [7, 11) is -4.87. The van der Waals surface area contributed by atoms with Gasteiger partial charge in [0.2, 0.25) is 0 Å². The highest BCUT2D eigenvalue weighted by molar-refractivity contribution is 7.46. The van der Waals surface area contributed by atoms with Crippen LogP contribution in [-0.2, 0) is 23.4 Å². The van der Waals surface area contributed by atoms with Crippen molar-refractivity contribution in [1.29, 1.82) is 0 Å². The highest BCUT2D eigenvalue weighted by Gasteiger charge is 2.34. The third-order valence-electron chi connectivity index (χ3n) is 2.06. The predicted octanol–water partition coefficient (Wildman–Crippen LogP) is -3.75. The molecule has 0 fully saturated rings. The summed E-state index contributed by atoms with van der Waals surface area (Å²) < 4.78 is 18.7. The summed E-state index contributed by atoms with van der Waals surface area (Å²) in [4.78, 5) is 38.2. The second-order valence-corrected chi connectivity index (χ2v) is 4.87. The summed E-state index contributed by atoms with van der Waals surface area (Å²) >= 11 is 0. The van der Waals surface area contributed by atoms with Gasteiger partial charge in [-0.15, -0.1) is 0 Å². The predicted molar refractivity (Wildman–Crippen MR) is 61.0 cm³/mol. The fourth-order valence-corrected chi connectivity index (χ4v) is 1.42. The number of phosphoric acid groups is 1. The average molecular weight is 317 g/mol. The Balaban J connectivity index is 4.55. The minimum atomic E-state index is -4.87. The van der Waals surface area contributed by atoms with E-state index in [0.29, 0.717) is 0 Å². The van der Waals surface area contributed by atoms with Gasteiger partial charge < -0.3 is 35.6 Å². The van der Waals surface area contributed by atoms with Gasteiger partial charge in [0.05, 0.1) is 13.2 Å². The number of phosphoric ester groups is 1. The largest absolute Gasteiger partial charge is 0.469 e. The van der Waals surface area contributed by atoms with Gasteiger partial charge in [0.25, 0.3) is 0 Å². The quantitative estimate of drug-likeness (QED) is 0.139. The fraction of sp³-hybridized carbons (Fsp3) is 0.750. The number of carbonyl (C=O) groups excluding carboxylic acids is 2. The molecule has 0 radical (unpaired) electrons. The van der Waals surface area contributed by atoms with Gasteiger partial charge >= 0.3 is 13.8 Å². The number of hydrogen-bond acceptors (Lipinski definition) is 9. The normalized spacial score (nSPS) is 17.9. The minimum absolute atomic E-state index is 0.00198. The molecule has 7 N–H and O–H groups in total. The number of rotatable bonds is 9. The standard InChI is InChI=1S/C8H16NO10P/c9-1-6(12)19-5(2-10)8(14)7(13)4(11)3-18-20(15,16)17/h2,4-5,7-8,11,13-14H,1,3,9H2,(H2,15,16,17)/t4-,5-,7-,8-/m1/s1. The molecule has 0 amide bonds. The summed E-state index contributed by atoms with van der Waals surface area (Å²) in [5.41, 5.74) is 4.92. The Kier molecular flexibility index (Phi) is 8.01. The van der Waals surface area contributed by atoms with Crippen LogP contribution in [-0.4, -0.2) is 74.9 Å². The topological polar surface area (TPSA) is 197 Å². The van der Waals surface area contributed by atoms with Crippen LogP contribution in [0.2, 0.25) is 0 Å². The van der Waals surface area contributed by atoms with Crippen molar-refractivity contribution in [3.8, 4) is 0 Å². The first kappa shape index (κ1) is 19.1.